The molecule has 0 bridgehead atoms. The van der Waals surface area contributed by atoms with Crippen LogP contribution in [0.25, 0.3) is 0 Å². The molecule has 3 aromatic carbocycles. The number of hydrogen-bond donors (Lipinski definition) is 0. The van der Waals surface area contributed by atoms with E-state index in [0.29, 0.717) is 23.1 Å². The summed E-state index contributed by atoms with van der Waals surface area (Å²) < 4.78 is 178. The molecule has 2 amide bonds. The third-order valence-electron chi connectivity index (χ3n) is 5.92. The van der Waals surface area contributed by atoms with Gasteiger partial charge in [-0.1, -0.05) is 18.2 Å². The predicted octanol–water partition coefficient (Wildman–Crippen LogP) is 8.69. The lowest BCUT2D eigenvalue weighted by Gasteiger charge is -2.31. The summed E-state index contributed by atoms with van der Waals surface area (Å²) in [5.74, 6) is -7.39. The maximum Gasteiger partial charge on any atom is 0.435 e. The van der Waals surface area contributed by atoms with Crippen LogP contribution in [0.1, 0.15) is 31.8 Å². The second kappa shape index (κ2) is 11.5. The van der Waals surface area contributed by atoms with E-state index in [0.717, 1.165) is 48.1 Å². The minimum atomic E-state index is -6.74. The standard InChI is InChI=1S/C25H12F13IN2O2/c1-40(21(43)18-14(26)5-3-6-15(18)27)17-7-2-4-12(19(17)28)20(42)41(39)16-9-8-11(10-13(16)23(30,31)32)22(29,24(33,34)35)25(36,37)38/h2-10H,1H3. The first-order chi connectivity index (χ1) is 19.6. The quantitative estimate of drug-likeness (QED) is 0.149. The van der Waals surface area contributed by atoms with Gasteiger partial charge in [-0.2, -0.15) is 39.5 Å². The number of alkyl halides is 10. The van der Waals surface area contributed by atoms with Crippen molar-refractivity contribution in [2.24, 2.45) is 0 Å². The third kappa shape index (κ3) is 6.10. The van der Waals surface area contributed by atoms with Crippen LogP contribution in [0.15, 0.2) is 54.6 Å². The van der Waals surface area contributed by atoms with Gasteiger partial charge in [-0.15, -0.1) is 0 Å². The Morgan fingerprint density at radius 1 is 0.698 bits per heavy atom. The second-order valence-corrected chi connectivity index (χ2v) is 9.53. The molecule has 0 heterocycles. The molecule has 0 fully saturated rings. The monoisotopic (exact) mass is 746 g/mol. The first-order valence-corrected chi connectivity index (χ1v) is 12.1. The Balaban J connectivity index is 2.10. The summed E-state index contributed by atoms with van der Waals surface area (Å²) in [6, 6.07) is 3.72. The van der Waals surface area contributed by atoms with Crippen molar-refractivity contribution in [2.45, 2.75) is 24.2 Å². The van der Waals surface area contributed by atoms with Gasteiger partial charge in [0.05, 0.1) is 45.4 Å². The number of nitrogens with zero attached hydrogens (tertiary/aromatic N) is 2. The number of carbonyl (C=O) groups excluding carboxylic acids is 2. The number of anilines is 2. The molecule has 4 nitrogen and oxygen atoms in total. The van der Waals surface area contributed by atoms with Crippen LogP contribution in [0.3, 0.4) is 0 Å². The second-order valence-electron chi connectivity index (χ2n) is 8.57. The van der Waals surface area contributed by atoms with Gasteiger partial charge in [0.15, 0.2) is 5.82 Å². The number of amides is 2. The van der Waals surface area contributed by atoms with Gasteiger partial charge in [0.1, 0.15) is 17.2 Å². The van der Waals surface area contributed by atoms with Crippen LogP contribution < -0.4 is 8.01 Å². The highest BCUT2D eigenvalue weighted by Crippen LogP contribution is 2.54. The normalized spacial score (nSPS) is 12.7. The number of carbonyl (C=O) groups is 2. The van der Waals surface area contributed by atoms with Crippen molar-refractivity contribution in [3.63, 3.8) is 0 Å². The van der Waals surface area contributed by atoms with E-state index in [2.05, 4.69) is 0 Å². The van der Waals surface area contributed by atoms with Crippen molar-refractivity contribution in [3.8, 4) is 0 Å². The zero-order chi connectivity index (χ0) is 32.9. The molecule has 0 aromatic heterocycles. The topological polar surface area (TPSA) is 40.6 Å². The first-order valence-electron chi connectivity index (χ1n) is 11.1. The third-order valence-corrected chi connectivity index (χ3v) is 6.88. The fourth-order valence-electron chi connectivity index (χ4n) is 3.77. The minimum Gasteiger partial charge on any atom is -0.308 e. The van der Waals surface area contributed by atoms with E-state index in [-0.39, 0.29) is 15.2 Å². The van der Waals surface area contributed by atoms with E-state index < -0.39 is 93.2 Å². The summed E-state index contributed by atoms with van der Waals surface area (Å²) in [5.41, 5.74) is -15.4. The van der Waals surface area contributed by atoms with E-state index in [9.17, 15) is 62.3 Å². The van der Waals surface area contributed by atoms with Gasteiger partial charge < -0.3 is 4.90 Å². The van der Waals surface area contributed by atoms with Crippen LogP contribution in [0.4, 0.5) is 68.5 Å². The molecule has 0 aliphatic carbocycles. The van der Waals surface area contributed by atoms with Crippen LogP contribution in [0, 0.1) is 17.5 Å². The maximum absolute atomic E-state index is 15.4. The Kier molecular flexibility index (Phi) is 9.06. The molecule has 0 atom stereocenters. The van der Waals surface area contributed by atoms with Crippen LogP contribution in [-0.2, 0) is 11.8 Å². The Labute approximate surface area is 246 Å². The van der Waals surface area contributed by atoms with E-state index in [1.54, 1.807) is 0 Å². The maximum atomic E-state index is 15.4. The zero-order valence-corrected chi connectivity index (χ0v) is 22.9. The summed E-state index contributed by atoms with van der Waals surface area (Å²) in [4.78, 5) is 26.0. The highest BCUT2D eigenvalue weighted by molar-refractivity contribution is 14.1. The van der Waals surface area contributed by atoms with E-state index >= 15 is 4.39 Å². The van der Waals surface area contributed by atoms with E-state index in [4.69, 9.17) is 0 Å². The largest absolute Gasteiger partial charge is 0.435 e. The number of halogens is 14. The van der Waals surface area contributed by atoms with Crippen LogP contribution in [0.5, 0.6) is 0 Å². The Hall–Kier alpha value is -3.58. The molecule has 0 saturated heterocycles. The van der Waals surface area contributed by atoms with Crippen molar-refractivity contribution < 1.29 is 66.7 Å². The molecular weight excluding hydrogens is 734 g/mol. The SMILES string of the molecule is CN(C(=O)c1c(F)cccc1F)c1cccc(C(=O)N(I)c2ccc(C(F)(C(F)(F)F)C(F)(F)F)cc2C(F)(F)F)c1F. The van der Waals surface area contributed by atoms with E-state index in [1.165, 1.54) is 0 Å². The fourth-order valence-corrected chi connectivity index (χ4v) is 4.46. The molecule has 0 N–H and O–H groups in total. The van der Waals surface area contributed by atoms with Crippen LogP contribution >= 0.6 is 22.9 Å². The van der Waals surface area contributed by atoms with Crippen molar-refractivity contribution in [3.05, 3.63) is 94.3 Å². The molecule has 43 heavy (non-hydrogen) atoms. The smallest absolute Gasteiger partial charge is 0.308 e. The molecular formula is C25H12F13IN2O2. The Bertz CT molecular complexity index is 1530. The Morgan fingerprint density at radius 2 is 1.21 bits per heavy atom. The van der Waals surface area contributed by atoms with Gasteiger partial charge in [0.2, 0.25) is 0 Å². The number of benzene rings is 3. The lowest BCUT2D eigenvalue weighted by atomic mass is 9.92. The van der Waals surface area contributed by atoms with Gasteiger partial charge in [0.25, 0.3) is 11.8 Å². The molecule has 0 unspecified atom stereocenters. The van der Waals surface area contributed by atoms with Gasteiger partial charge in [-0.3, -0.25) is 9.59 Å². The molecule has 18 heteroatoms. The molecule has 232 valence electrons. The predicted molar refractivity (Wildman–Crippen MR) is 133 cm³/mol. The lowest BCUT2D eigenvalue weighted by Crippen LogP contribution is -2.50. The molecule has 0 saturated carbocycles. The number of hydrogen-bond acceptors (Lipinski definition) is 2. The van der Waals surface area contributed by atoms with Gasteiger partial charge in [-0.25, -0.2) is 20.7 Å². The molecule has 3 rings (SSSR count). The first kappa shape index (κ1) is 33.9. The van der Waals surface area contributed by atoms with Crippen LogP contribution in [0.2, 0.25) is 0 Å². The summed E-state index contributed by atoms with van der Waals surface area (Å²) in [6.07, 6.45) is -19.2. The summed E-state index contributed by atoms with van der Waals surface area (Å²) in [7, 11) is 0.841. The summed E-state index contributed by atoms with van der Waals surface area (Å²) in [6.45, 7) is 0. The van der Waals surface area contributed by atoms with E-state index in [1.807, 2.05) is 0 Å². The van der Waals surface area contributed by atoms with Gasteiger partial charge >= 0.3 is 24.2 Å². The molecule has 0 spiro atoms. The molecule has 0 aliphatic heterocycles. The minimum absolute atomic E-state index is 0.0218. The van der Waals surface area contributed by atoms with Crippen molar-refractivity contribution in [1.82, 2.24) is 0 Å². The van der Waals surface area contributed by atoms with Crippen LogP contribution in [-0.4, -0.2) is 31.2 Å². The van der Waals surface area contributed by atoms with Crippen molar-refractivity contribution in [1.29, 1.82) is 0 Å². The van der Waals surface area contributed by atoms with Crippen molar-refractivity contribution in [2.75, 3.05) is 15.1 Å². The van der Waals surface area contributed by atoms with Crippen molar-refractivity contribution >= 4 is 46.1 Å². The zero-order valence-electron chi connectivity index (χ0n) is 20.7. The Morgan fingerprint density at radius 3 is 1.70 bits per heavy atom. The highest BCUT2D eigenvalue weighted by Gasteiger charge is 2.73. The summed E-state index contributed by atoms with van der Waals surface area (Å²) in [5, 5.41) is 0. The number of rotatable bonds is 5. The van der Waals surface area contributed by atoms with Gasteiger partial charge in [0, 0.05) is 12.6 Å². The molecule has 3 aromatic rings. The summed E-state index contributed by atoms with van der Waals surface area (Å²) >= 11 is 0.844. The fraction of sp³-hybridized carbons (Fsp3) is 0.200. The van der Waals surface area contributed by atoms with Gasteiger partial charge in [-0.05, 0) is 36.4 Å². The molecule has 0 aliphatic rings. The molecule has 0 radical (unpaired) electrons. The average molecular weight is 746 g/mol. The average Bonchev–Trinajstić information content (AvgIpc) is 2.89. The highest BCUT2D eigenvalue weighted by atomic mass is 127. The lowest BCUT2D eigenvalue weighted by molar-refractivity contribution is -0.348.